The largest absolute Gasteiger partial charge is 0.348 e. The quantitative estimate of drug-likeness (QED) is 0.932. The lowest BCUT2D eigenvalue weighted by Gasteiger charge is -2.12. The maximum atomic E-state index is 14.1. The summed E-state index contributed by atoms with van der Waals surface area (Å²) < 4.78 is 38.5. The summed E-state index contributed by atoms with van der Waals surface area (Å²) in [7, 11) is -3.06. The van der Waals surface area contributed by atoms with Gasteiger partial charge in [0.2, 0.25) is 0 Å². The molecule has 0 bridgehead atoms. The van der Waals surface area contributed by atoms with E-state index in [1.807, 2.05) is 0 Å². The molecule has 0 aliphatic carbocycles. The Hall–Kier alpha value is -2.15. The summed E-state index contributed by atoms with van der Waals surface area (Å²) in [5, 5.41) is 2.64. The molecule has 0 radical (unpaired) electrons. The van der Waals surface area contributed by atoms with Crippen LogP contribution in [0.3, 0.4) is 0 Å². The summed E-state index contributed by atoms with van der Waals surface area (Å²) >= 11 is 0. The molecule has 1 aliphatic heterocycles. The summed E-state index contributed by atoms with van der Waals surface area (Å²) in [6.45, 7) is 0. The van der Waals surface area contributed by atoms with Crippen molar-refractivity contribution in [3.05, 3.63) is 54.1 Å². The lowest BCUT2D eigenvalue weighted by atomic mass is 10.1. The van der Waals surface area contributed by atoms with Crippen LogP contribution in [-0.2, 0) is 9.84 Å². The van der Waals surface area contributed by atoms with Gasteiger partial charge in [0.15, 0.2) is 9.84 Å². The highest BCUT2D eigenvalue weighted by atomic mass is 32.2. The van der Waals surface area contributed by atoms with Gasteiger partial charge in [-0.1, -0.05) is 0 Å². The second kappa shape index (κ2) is 5.57. The second-order valence-electron chi connectivity index (χ2n) is 5.33. The van der Waals surface area contributed by atoms with Crippen molar-refractivity contribution in [3.63, 3.8) is 0 Å². The van der Waals surface area contributed by atoms with Gasteiger partial charge in [0.05, 0.1) is 17.2 Å². The van der Waals surface area contributed by atoms with Crippen LogP contribution in [0.25, 0.3) is 5.69 Å². The van der Waals surface area contributed by atoms with Crippen molar-refractivity contribution in [1.82, 2.24) is 9.88 Å². The Morgan fingerprint density at radius 1 is 1.27 bits per heavy atom. The van der Waals surface area contributed by atoms with Gasteiger partial charge in [0, 0.05) is 24.0 Å². The Balaban J connectivity index is 1.75. The lowest BCUT2D eigenvalue weighted by molar-refractivity contribution is 0.0940. The minimum atomic E-state index is -3.06. The van der Waals surface area contributed by atoms with Crippen LogP contribution in [0.1, 0.15) is 16.8 Å². The van der Waals surface area contributed by atoms with Gasteiger partial charge < -0.3 is 9.88 Å². The number of carbonyl (C=O) groups excluding carboxylic acids is 1. The first-order chi connectivity index (χ1) is 10.4. The first-order valence-corrected chi connectivity index (χ1v) is 8.71. The van der Waals surface area contributed by atoms with E-state index in [1.54, 1.807) is 29.1 Å². The van der Waals surface area contributed by atoms with Gasteiger partial charge in [0.1, 0.15) is 5.82 Å². The molecule has 3 rings (SSSR count). The zero-order valence-electron chi connectivity index (χ0n) is 11.7. The molecule has 1 aromatic carbocycles. The molecule has 1 atom stereocenters. The van der Waals surface area contributed by atoms with Gasteiger partial charge in [-0.15, -0.1) is 0 Å². The number of hydrogen-bond acceptors (Lipinski definition) is 3. The zero-order chi connectivity index (χ0) is 15.7. The van der Waals surface area contributed by atoms with Crippen LogP contribution in [0, 0.1) is 5.82 Å². The van der Waals surface area contributed by atoms with Crippen molar-refractivity contribution in [2.75, 3.05) is 11.5 Å². The highest BCUT2D eigenvalue weighted by Gasteiger charge is 2.29. The van der Waals surface area contributed by atoms with Gasteiger partial charge in [-0.3, -0.25) is 4.79 Å². The van der Waals surface area contributed by atoms with Crippen LogP contribution < -0.4 is 5.32 Å². The SMILES string of the molecule is O=C(N[C@H]1CCS(=O)(=O)C1)c1ccc(-n2cccc2)c(F)c1. The van der Waals surface area contributed by atoms with Crippen molar-refractivity contribution in [1.29, 1.82) is 0 Å². The van der Waals surface area contributed by atoms with E-state index < -0.39 is 27.6 Å². The number of nitrogens with one attached hydrogen (secondary N) is 1. The minimum absolute atomic E-state index is 0.0529. The van der Waals surface area contributed by atoms with Gasteiger partial charge in [-0.25, -0.2) is 12.8 Å². The van der Waals surface area contributed by atoms with Gasteiger partial charge in [-0.2, -0.15) is 0 Å². The number of halogens is 1. The van der Waals surface area contributed by atoms with Crippen molar-refractivity contribution in [2.24, 2.45) is 0 Å². The molecule has 1 fully saturated rings. The van der Waals surface area contributed by atoms with E-state index in [2.05, 4.69) is 5.32 Å². The first-order valence-electron chi connectivity index (χ1n) is 6.89. The fourth-order valence-electron chi connectivity index (χ4n) is 2.53. The normalized spacial score (nSPS) is 20.0. The molecule has 22 heavy (non-hydrogen) atoms. The number of amides is 1. The molecule has 1 saturated heterocycles. The fraction of sp³-hybridized carbons (Fsp3) is 0.267. The van der Waals surface area contributed by atoms with E-state index in [9.17, 15) is 17.6 Å². The van der Waals surface area contributed by atoms with Crippen molar-refractivity contribution >= 4 is 15.7 Å². The summed E-state index contributed by atoms with van der Waals surface area (Å²) in [6.07, 6.45) is 3.82. The molecule has 2 aromatic rings. The number of carbonyl (C=O) groups is 1. The molecule has 0 unspecified atom stereocenters. The number of rotatable bonds is 3. The molecular formula is C15H15FN2O3S. The molecule has 1 aliphatic rings. The smallest absolute Gasteiger partial charge is 0.251 e. The van der Waals surface area contributed by atoms with Gasteiger partial charge in [-0.05, 0) is 36.8 Å². The average molecular weight is 322 g/mol. The fourth-order valence-corrected chi connectivity index (χ4v) is 4.20. The number of nitrogens with zero attached hydrogens (tertiary/aromatic N) is 1. The highest BCUT2D eigenvalue weighted by Crippen LogP contribution is 2.17. The Bertz CT molecular complexity index is 800. The molecule has 0 saturated carbocycles. The zero-order valence-corrected chi connectivity index (χ0v) is 12.5. The summed E-state index contributed by atoms with van der Waals surface area (Å²) in [5.74, 6) is -0.940. The van der Waals surface area contributed by atoms with E-state index in [1.165, 1.54) is 12.1 Å². The van der Waals surface area contributed by atoms with Crippen LogP contribution in [0.2, 0.25) is 0 Å². The van der Waals surface area contributed by atoms with E-state index in [0.717, 1.165) is 6.07 Å². The molecule has 1 amide bonds. The third kappa shape index (κ3) is 3.04. The van der Waals surface area contributed by atoms with Crippen molar-refractivity contribution in [3.8, 4) is 5.69 Å². The lowest BCUT2D eigenvalue weighted by Crippen LogP contribution is -2.35. The first kappa shape index (κ1) is 14.8. The minimum Gasteiger partial charge on any atom is -0.348 e. The van der Waals surface area contributed by atoms with Crippen LogP contribution in [-0.4, -0.2) is 36.4 Å². The van der Waals surface area contributed by atoms with Crippen LogP contribution in [0.5, 0.6) is 0 Å². The Morgan fingerprint density at radius 2 is 2.00 bits per heavy atom. The highest BCUT2D eigenvalue weighted by molar-refractivity contribution is 7.91. The van der Waals surface area contributed by atoms with Crippen LogP contribution in [0.15, 0.2) is 42.7 Å². The molecular weight excluding hydrogens is 307 g/mol. The average Bonchev–Trinajstić information content (AvgIpc) is 3.08. The maximum absolute atomic E-state index is 14.1. The van der Waals surface area contributed by atoms with E-state index in [-0.39, 0.29) is 17.1 Å². The molecule has 116 valence electrons. The third-order valence-corrected chi connectivity index (χ3v) is 5.43. The third-order valence-electron chi connectivity index (χ3n) is 3.66. The predicted octanol–water partition coefficient (Wildman–Crippen LogP) is 1.53. The Labute approximate surface area is 127 Å². The van der Waals surface area contributed by atoms with Crippen LogP contribution >= 0.6 is 0 Å². The molecule has 7 heteroatoms. The van der Waals surface area contributed by atoms with Gasteiger partial charge >= 0.3 is 0 Å². The van der Waals surface area contributed by atoms with Crippen LogP contribution in [0.4, 0.5) is 4.39 Å². The Morgan fingerprint density at radius 3 is 2.59 bits per heavy atom. The number of hydrogen-bond donors (Lipinski definition) is 1. The Kier molecular flexibility index (Phi) is 3.74. The monoisotopic (exact) mass is 322 g/mol. The summed E-state index contributed by atoms with van der Waals surface area (Å²) in [6, 6.07) is 7.37. The maximum Gasteiger partial charge on any atom is 0.251 e. The topological polar surface area (TPSA) is 68.2 Å². The van der Waals surface area contributed by atoms with E-state index >= 15 is 0 Å². The van der Waals surface area contributed by atoms with Crippen molar-refractivity contribution in [2.45, 2.75) is 12.5 Å². The standard InChI is InChI=1S/C15H15FN2O3S/c16-13-9-11(3-4-14(13)18-6-1-2-7-18)15(19)17-12-5-8-22(20,21)10-12/h1-4,6-7,9,12H,5,8,10H2,(H,17,19)/t12-/m0/s1. The van der Waals surface area contributed by atoms with E-state index in [4.69, 9.17) is 0 Å². The predicted molar refractivity (Wildman–Crippen MR) is 80.3 cm³/mol. The number of benzene rings is 1. The molecule has 2 heterocycles. The molecule has 1 aromatic heterocycles. The number of aromatic nitrogens is 1. The van der Waals surface area contributed by atoms with E-state index in [0.29, 0.717) is 12.1 Å². The number of sulfone groups is 1. The molecule has 5 nitrogen and oxygen atoms in total. The molecule has 1 N–H and O–H groups in total. The summed E-state index contributed by atoms with van der Waals surface area (Å²) in [5.41, 5.74) is 0.530. The second-order valence-corrected chi connectivity index (χ2v) is 7.56. The van der Waals surface area contributed by atoms with Crippen molar-refractivity contribution < 1.29 is 17.6 Å². The van der Waals surface area contributed by atoms with Gasteiger partial charge in [0.25, 0.3) is 5.91 Å². The molecule has 0 spiro atoms. The summed E-state index contributed by atoms with van der Waals surface area (Å²) in [4.78, 5) is 12.1.